The lowest BCUT2D eigenvalue weighted by molar-refractivity contribution is 0.464. The minimum Gasteiger partial charge on any atom is -0.314 e. The predicted octanol–water partition coefficient (Wildman–Crippen LogP) is 3.01. The average Bonchev–Trinajstić information content (AvgIpc) is 2.96. The van der Waals surface area contributed by atoms with Crippen molar-refractivity contribution in [2.45, 2.75) is 52.1 Å². The van der Waals surface area contributed by atoms with Crippen molar-refractivity contribution in [1.29, 1.82) is 0 Å². The molecule has 0 aliphatic rings. The lowest BCUT2D eigenvalue weighted by Crippen LogP contribution is -2.33. The normalized spacial score (nSPS) is 14.0. The van der Waals surface area contributed by atoms with E-state index in [-0.39, 0.29) is 0 Å². The maximum absolute atomic E-state index is 4.71. The van der Waals surface area contributed by atoms with Gasteiger partial charge in [-0.1, -0.05) is 13.8 Å². The summed E-state index contributed by atoms with van der Waals surface area (Å²) in [6.45, 7) is 7.52. The SMILES string of the molecule is CCNC(Cc1ccncc1)Cc1ccn(C(C)CC)n1. The molecule has 2 rings (SSSR count). The van der Waals surface area contributed by atoms with Crippen LogP contribution in [0, 0.1) is 0 Å². The Hall–Kier alpha value is -1.68. The maximum atomic E-state index is 4.71. The van der Waals surface area contributed by atoms with Gasteiger partial charge in [-0.05, 0) is 50.1 Å². The molecule has 4 heteroatoms. The molecule has 2 unspecified atom stereocenters. The second kappa shape index (κ2) is 7.93. The Morgan fingerprint density at radius 2 is 1.90 bits per heavy atom. The van der Waals surface area contributed by atoms with E-state index >= 15 is 0 Å². The van der Waals surface area contributed by atoms with E-state index in [1.54, 1.807) is 0 Å². The quantitative estimate of drug-likeness (QED) is 0.811. The van der Waals surface area contributed by atoms with Crippen LogP contribution in [0.2, 0.25) is 0 Å². The molecule has 0 spiro atoms. The molecular weight excluding hydrogens is 260 g/mol. The average molecular weight is 286 g/mol. The minimum atomic E-state index is 0.415. The van der Waals surface area contributed by atoms with Gasteiger partial charge in [-0.15, -0.1) is 0 Å². The summed E-state index contributed by atoms with van der Waals surface area (Å²) in [5, 5.41) is 8.27. The van der Waals surface area contributed by atoms with Gasteiger partial charge in [0.25, 0.3) is 0 Å². The van der Waals surface area contributed by atoms with Crippen LogP contribution < -0.4 is 5.32 Å². The fraction of sp³-hybridized carbons (Fsp3) is 0.529. The number of rotatable bonds is 8. The Kier molecular flexibility index (Phi) is 5.93. The van der Waals surface area contributed by atoms with E-state index < -0.39 is 0 Å². The first kappa shape index (κ1) is 15.7. The van der Waals surface area contributed by atoms with Crippen molar-refractivity contribution in [2.24, 2.45) is 0 Å². The van der Waals surface area contributed by atoms with E-state index in [9.17, 15) is 0 Å². The number of aromatic nitrogens is 3. The molecule has 0 aliphatic heterocycles. The summed E-state index contributed by atoms with van der Waals surface area (Å²) in [6, 6.07) is 7.20. The van der Waals surface area contributed by atoms with Crippen LogP contribution in [-0.4, -0.2) is 27.4 Å². The summed E-state index contributed by atoms with van der Waals surface area (Å²) >= 11 is 0. The van der Waals surface area contributed by atoms with Crippen molar-refractivity contribution >= 4 is 0 Å². The lowest BCUT2D eigenvalue weighted by atomic mass is 10.0. The van der Waals surface area contributed by atoms with Crippen molar-refractivity contribution in [2.75, 3.05) is 6.54 Å². The van der Waals surface area contributed by atoms with Crippen LogP contribution in [0.5, 0.6) is 0 Å². The molecule has 21 heavy (non-hydrogen) atoms. The van der Waals surface area contributed by atoms with Gasteiger partial charge in [-0.3, -0.25) is 9.67 Å². The summed E-state index contributed by atoms with van der Waals surface area (Å²) in [7, 11) is 0. The molecule has 0 saturated heterocycles. The Morgan fingerprint density at radius 1 is 1.14 bits per heavy atom. The zero-order valence-electron chi connectivity index (χ0n) is 13.3. The summed E-state index contributed by atoms with van der Waals surface area (Å²) < 4.78 is 2.07. The second-order valence-electron chi connectivity index (χ2n) is 5.56. The zero-order valence-corrected chi connectivity index (χ0v) is 13.3. The number of hydrogen-bond acceptors (Lipinski definition) is 3. The Morgan fingerprint density at radius 3 is 2.57 bits per heavy atom. The highest BCUT2D eigenvalue weighted by Crippen LogP contribution is 2.12. The van der Waals surface area contributed by atoms with E-state index in [0.29, 0.717) is 12.1 Å². The molecule has 0 radical (unpaired) electrons. The molecule has 0 saturated carbocycles. The second-order valence-corrected chi connectivity index (χ2v) is 5.56. The van der Waals surface area contributed by atoms with Crippen LogP contribution in [0.25, 0.3) is 0 Å². The van der Waals surface area contributed by atoms with E-state index in [1.165, 1.54) is 5.56 Å². The van der Waals surface area contributed by atoms with Gasteiger partial charge < -0.3 is 5.32 Å². The third-order valence-electron chi connectivity index (χ3n) is 3.89. The molecular formula is C17H26N4. The Bertz CT molecular complexity index is 521. The first-order valence-corrected chi connectivity index (χ1v) is 7.89. The number of pyridine rings is 1. The fourth-order valence-electron chi connectivity index (χ4n) is 2.48. The lowest BCUT2D eigenvalue weighted by Gasteiger charge is -2.17. The molecule has 0 amide bonds. The minimum absolute atomic E-state index is 0.415. The third kappa shape index (κ3) is 4.67. The highest BCUT2D eigenvalue weighted by molar-refractivity contribution is 5.13. The van der Waals surface area contributed by atoms with E-state index in [4.69, 9.17) is 5.10 Å². The van der Waals surface area contributed by atoms with Gasteiger partial charge >= 0.3 is 0 Å². The summed E-state index contributed by atoms with van der Waals surface area (Å²) in [5.41, 5.74) is 2.48. The molecule has 2 atom stereocenters. The standard InChI is InChI=1S/C17H26N4/c1-4-14(3)21-11-8-16(20-21)13-17(19-5-2)12-15-6-9-18-10-7-15/h6-11,14,17,19H,4-5,12-13H2,1-3H3. The molecule has 0 bridgehead atoms. The Labute approximate surface area is 127 Å². The van der Waals surface area contributed by atoms with Gasteiger partial charge in [-0.25, -0.2) is 0 Å². The predicted molar refractivity (Wildman–Crippen MR) is 86.3 cm³/mol. The number of hydrogen-bond donors (Lipinski definition) is 1. The van der Waals surface area contributed by atoms with Crippen molar-refractivity contribution in [1.82, 2.24) is 20.1 Å². The van der Waals surface area contributed by atoms with Gasteiger partial charge in [0.2, 0.25) is 0 Å². The van der Waals surface area contributed by atoms with E-state index in [1.807, 2.05) is 12.4 Å². The molecule has 2 aromatic rings. The highest BCUT2D eigenvalue weighted by atomic mass is 15.3. The first-order chi connectivity index (χ1) is 10.2. The van der Waals surface area contributed by atoms with Gasteiger partial charge in [0, 0.05) is 37.1 Å². The van der Waals surface area contributed by atoms with Crippen molar-refractivity contribution < 1.29 is 0 Å². The van der Waals surface area contributed by atoms with Crippen LogP contribution >= 0.6 is 0 Å². The van der Waals surface area contributed by atoms with Crippen LogP contribution in [0.3, 0.4) is 0 Å². The Balaban J connectivity index is 2.00. The van der Waals surface area contributed by atoms with Gasteiger partial charge in [-0.2, -0.15) is 5.10 Å². The molecule has 2 aromatic heterocycles. The van der Waals surface area contributed by atoms with E-state index in [0.717, 1.165) is 31.5 Å². The molecule has 0 aliphatic carbocycles. The van der Waals surface area contributed by atoms with E-state index in [2.05, 4.69) is 60.1 Å². The monoisotopic (exact) mass is 286 g/mol. The fourth-order valence-corrected chi connectivity index (χ4v) is 2.48. The van der Waals surface area contributed by atoms with Crippen molar-refractivity contribution in [3.8, 4) is 0 Å². The third-order valence-corrected chi connectivity index (χ3v) is 3.89. The van der Waals surface area contributed by atoms with Gasteiger partial charge in [0.15, 0.2) is 0 Å². The molecule has 4 nitrogen and oxygen atoms in total. The molecule has 1 N–H and O–H groups in total. The summed E-state index contributed by atoms with van der Waals surface area (Å²) in [5.74, 6) is 0. The van der Waals surface area contributed by atoms with Crippen molar-refractivity contribution in [3.63, 3.8) is 0 Å². The largest absolute Gasteiger partial charge is 0.314 e. The maximum Gasteiger partial charge on any atom is 0.0640 e. The van der Waals surface area contributed by atoms with Crippen LogP contribution in [-0.2, 0) is 12.8 Å². The van der Waals surface area contributed by atoms with Gasteiger partial charge in [0.05, 0.1) is 5.69 Å². The summed E-state index contributed by atoms with van der Waals surface area (Å²) in [6.07, 6.45) is 8.88. The van der Waals surface area contributed by atoms with Crippen LogP contribution in [0.4, 0.5) is 0 Å². The molecule has 0 fully saturated rings. The van der Waals surface area contributed by atoms with Gasteiger partial charge in [0.1, 0.15) is 0 Å². The summed E-state index contributed by atoms with van der Waals surface area (Å²) in [4.78, 5) is 4.08. The smallest absolute Gasteiger partial charge is 0.0640 e. The number of likely N-dealkylation sites (N-methyl/N-ethyl adjacent to an activating group) is 1. The topological polar surface area (TPSA) is 42.7 Å². The number of nitrogens with zero attached hydrogens (tertiary/aromatic N) is 3. The molecule has 114 valence electrons. The highest BCUT2D eigenvalue weighted by Gasteiger charge is 2.12. The first-order valence-electron chi connectivity index (χ1n) is 7.89. The van der Waals surface area contributed by atoms with Crippen molar-refractivity contribution in [3.05, 3.63) is 48.0 Å². The van der Waals surface area contributed by atoms with Crippen LogP contribution in [0.1, 0.15) is 44.5 Å². The zero-order chi connectivity index (χ0) is 15.1. The molecule has 2 heterocycles. The molecule has 0 aromatic carbocycles. The number of nitrogens with one attached hydrogen (secondary N) is 1. The van der Waals surface area contributed by atoms with Crippen LogP contribution in [0.15, 0.2) is 36.8 Å².